The molecule has 11 heavy (non-hydrogen) atoms. The van der Waals surface area contributed by atoms with E-state index in [4.69, 9.17) is 14.9 Å². The Morgan fingerprint density at radius 3 is 2.91 bits per heavy atom. The first-order chi connectivity index (χ1) is 5.27. The summed E-state index contributed by atoms with van der Waals surface area (Å²) in [6, 6.07) is 1.60. The van der Waals surface area contributed by atoms with E-state index in [-0.39, 0.29) is 5.97 Å². The molecule has 2 N–H and O–H groups in total. The summed E-state index contributed by atoms with van der Waals surface area (Å²) >= 11 is 0. The third-order valence-electron chi connectivity index (χ3n) is 1.86. The molecule has 1 aliphatic heterocycles. The van der Waals surface area contributed by atoms with Gasteiger partial charge in [-0.2, -0.15) is 0 Å². The van der Waals surface area contributed by atoms with E-state index in [0.717, 1.165) is 0 Å². The fourth-order valence-corrected chi connectivity index (χ4v) is 1.33. The van der Waals surface area contributed by atoms with Crippen molar-refractivity contribution in [2.75, 3.05) is 5.73 Å². The quantitative estimate of drug-likeness (QED) is 0.448. The molecule has 2 aromatic heterocycles. The highest BCUT2D eigenvalue weighted by Crippen LogP contribution is 2.45. The van der Waals surface area contributed by atoms with Crippen LogP contribution >= 0.6 is 0 Å². The Morgan fingerprint density at radius 2 is 2.27 bits per heavy atom. The molecular weight excluding hydrogens is 146 g/mol. The number of anilines is 1. The van der Waals surface area contributed by atoms with Gasteiger partial charge in [0, 0.05) is 6.07 Å². The van der Waals surface area contributed by atoms with Crippen molar-refractivity contribution in [1.29, 1.82) is 0 Å². The second-order valence-electron chi connectivity index (χ2n) is 2.49. The van der Waals surface area contributed by atoms with E-state index in [1.165, 1.54) is 0 Å². The molecule has 0 spiro atoms. The molecule has 0 aromatic carbocycles. The van der Waals surface area contributed by atoms with Crippen LogP contribution in [0.1, 0.15) is 10.4 Å². The number of hydrogen-bond acceptors (Lipinski definition) is 4. The second kappa shape index (κ2) is 1.18. The molecule has 0 atom stereocenters. The second-order valence-corrected chi connectivity index (χ2v) is 2.49. The van der Waals surface area contributed by atoms with Crippen LogP contribution in [0.25, 0.3) is 11.2 Å². The number of nitrogens with two attached hydrogens (primary N) is 1. The van der Waals surface area contributed by atoms with Gasteiger partial charge in [0.1, 0.15) is 11.3 Å². The molecule has 3 rings (SSSR count). The van der Waals surface area contributed by atoms with Gasteiger partial charge in [-0.1, -0.05) is 0 Å². The van der Waals surface area contributed by atoms with Crippen LogP contribution in [0.2, 0.25) is 0 Å². The van der Waals surface area contributed by atoms with Gasteiger partial charge in [0.25, 0.3) is 0 Å². The minimum absolute atomic E-state index is 0.370. The predicted molar refractivity (Wildman–Crippen MR) is 36.8 cm³/mol. The lowest BCUT2D eigenvalue weighted by Crippen LogP contribution is -1.99. The summed E-state index contributed by atoms with van der Waals surface area (Å²) in [6.07, 6.45) is 0. The van der Waals surface area contributed by atoms with Crippen LogP contribution in [0.3, 0.4) is 0 Å². The van der Waals surface area contributed by atoms with Crippen molar-refractivity contribution < 1.29 is 13.9 Å². The zero-order valence-electron chi connectivity index (χ0n) is 5.38. The maximum absolute atomic E-state index is 10.9. The van der Waals surface area contributed by atoms with Gasteiger partial charge in [0.15, 0.2) is 11.2 Å². The van der Waals surface area contributed by atoms with E-state index in [1.807, 2.05) is 0 Å². The normalized spacial score (nSPS) is 14.7. The molecule has 4 heteroatoms. The van der Waals surface area contributed by atoms with Crippen LogP contribution in [0.15, 0.2) is 10.5 Å². The van der Waals surface area contributed by atoms with E-state index in [9.17, 15) is 4.79 Å². The largest absolute Gasteiger partial charge is 0.450 e. The lowest BCUT2D eigenvalue weighted by atomic mass is 10.2. The Bertz CT molecular complexity index is 457. The van der Waals surface area contributed by atoms with Gasteiger partial charge in [-0.25, -0.2) is 4.79 Å². The Kier molecular flexibility index (Phi) is 0.539. The van der Waals surface area contributed by atoms with Crippen molar-refractivity contribution in [3.05, 3.63) is 11.6 Å². The first kappa shape index (κ1) is 5.01. The number of esters is 1. The summed E-state index contributed by atoms with van der Waals surface area (Å²) in [5.41, 5.74) is 7.48. The first-order valence-corrected chi connectivity index (χ1v) is 3.14. The lowest BCUT2D eigenvalue weighted by Gasteiger charge is -1.89. The Hall–Kier alpha value is -1.71. The van der Waals surface area contributed by atoms with Crippen molar-refractivity contribution in [3.8, 4) is 5.75 Å². The maximum Gasteiger partial charge on any atom is 0.347 e. The molecule has 0 radical (unpaired) electrons. The monoisotopic (exact) mass is 149 g/mol. The van der Waals surface area contributed by atoms with Crippen molar-refractivity contribution in [3.63, 3.8) is 0 Å². The summed E-state index contributed by atoms with van der Waals surface area (Å²) in [4.78, 5) is 10.9. The lowest BCUT2D eigenvalue weighted by molar-refractivity contribution is 0.0756. The van der Waals surface area contributed by atoms with Gasteiger partial charge in [-0.15, -0.1) is 0 Å². The number of carbonyl (C=O) groups excluding carboxylic acids is 1. The Balaban J connectivity index is 2.60. The fourth-order valence-electron chi connectivity index (χ4n) is 1.33. The number of hydrogen-bond donors (Lipinski definition) is 1. The third-order valence-corrected chi connectivity index (χ3v) is 1.86. The highest BCUT2D eigenvalue weighted by atomic mass is 16.6. The van der Waals surface area contributed by atoms with Crippen LogP contribution in [0.4, 0.5) is 5.69 Å². The smallest absolute Gasteiger partial charge is 0.347 e. The molecule has 4 nitrogen and oxygen atoms in total. The average molecular weight is 149 g/mol. The van der Waals surface area contributed by atoms with E-state index < -0.39 is 0 Å². The summed E-state index contributed by atoms with van der Waals surface area (Å²) in [6.45, 7) is 0. The van der Waals surface area contributed by atoms with Crippen molar-refractivity contribution in [1.82, 2.24) is 0 Å². The first-order valence-electron chi connectivity index (χ1n) is 3.14. The number of furan rings is 2. The number of benzene rings is 1. The summed E-state index contributed by atoms with van der Waals surface area (Å²) in [7, 11) is 0. The number of ether oxygens (including phenoxy) is 1. The zero-order chi connectivity index (χ0) is 7.59. The molecule has 2 aromatic rings. The van der Waals surface area contributed by atoms with Crippen LogP contribution < -0.4 is 10.5 Å². The van der Waals surface area contributed by atoms with Gasteiger partial charge in [-0.05, 0) is 0 Å². The minimum atomic E-state index is -0.370. The topological polar surface area (TPSA) is 65.5 Å². The molecule has 3 heterocycles. The SMILES string of the molecule is Nc1c2c3oc1cc3C(=O)O2. The molecular formula is C7H3NO3. The summed E-state index contributed by atoms with van der Waals surface area (Å²) in [5, 5.41) is 0. The summed E-state index contributed by atoms with van der Waals surface area (Å²) < 4.78 is 9.95. The van der Waals surface area contributed by atoms with Gasteiger partial charge >= 0.3 is 5.97 Å². The molecule has 0 saturated carbocycles. The predicted octanol–water partition coefficient (Wildman–Crippen LogP) is 0.985. The van der Waals surface area contributed by atoms with Gasteiger partial charge in [0.2, 0.25) is 5.75 Å². The van der Waals surface area contributed by atoms with Gasteiger partial charge in [0.05, 0.1) is 0 Å². The molecule has 0 unspecified atom stereocenters. The summed E-state index contributed by atoms with van der Waals surface area (Å²) in [5.74, 6) is 0.0213. The van der Waals surface area contributed by atoms with Crippen LogP contribution in [-0.4, -0.2) is 5.97 Å². The van der Waals surface area contributed by atoms with Gasteiger partial charge < -0.3 is 14.9 Å². The third kappa shape index (κ3) is 0.357. The molecule has 0 aliphatic carbocycles. The maximum atomic E-state index is 10.9. The Morgan fingerprint density at radius 1 is 1.45 bits per heavy atom. The average Bonchev–Trinajstić information content (AvgIpc) is 2.53. The number of nitrogen functional groups attached to an aromatic ring is 1. The molecule has 0 fully saturated rings. The van der Waals surface area contributed by atoms with Crippen LogP contribution in [-0.2, 0) is 0 Å². The van der Waals surface area contributed by atoms with E-state index in [1.54, 1.807) is 6.07 Å². The van der Waals surface area contributed by atoms with Crippen molar-refractivity contribution in [2.24, 2.45) is 0 Å². The van der Waals surface area contributed by atoms with Gasteiger partial charge in [-0.3, -0.25) is 0 Å². The highest BCUT2D eigenvalue weighted by Gasteiger charge is 2.33. The molecule has 2 bridgehead atoms. The van der Waals surface area contributed by atoms with Crippen LogP contribution in [0, 0.1) is 0 Å². The molecule has 1 aliphatic rings. The van der Waals surface area contributed by atoms with E-state index in [2.05, 4.69) is 0 Å². The molecule has 54 valence electrons. The molecule has 0 saturated heterocycles. The van der Waals surface area contributed by atoms with Crippen LogP contribution in [0.5, 0.6) is 5.75 Å². The number of rotatable bonds is 0. The minimum Gasteiger partial charge on any atom is -0.450 e. The Labute approximate surface area is 60.9 Å². The molecule has 0 amide bonds. The van der Waals surface area contributed by atoms with Crippen molar-refractivity contribution >= 4 is 22.8 Å². The van der Waals surface area contributed by atoms with E-state index >= 15 is 0 Å². The number of carbonyl (C=O) groups is 1. The fraction of sp³-hybridized carbons (Fsp3) is 0. The van der Waals surface area contributed by atoms with Crippen molar-refractivity contribution in [2.45, 2.75) is 0 Å². The standard InChI is InChI=1S/C7H3NO3/c8-4-3-1-2-5(10-3)6(4)11-7(2)9/h1H,8H2. The number of fused-ring (bicyclic) bond motifs is 1. The highest BCUT2D eigenvalue weighted by molar-refractivity contribution is 6.12. The zero-order valence-corrected chi connectivity index (χ0v) is 5.38. The van der Waals surface area contributed by atoms with E-state index in [0.29, 0.717) is 28.2 Å².